The first kappa shape index (κ1) is 19.0. The molecule has 6 nitrogen and oxygen atoms in total. The van der Waals surface area contributed by atoms with E-state index in [-0.39, 0.29) is 24.3 Å². The highest BCUT2D eigenvalue weighted by Gasteiger charge is 2.35. The summed E-state index contributed by atoms with van der Waals surface area (Å²) >= 11 is 3.32. The van der Waals surface area contributed by atoms with Gasteiger partial charge in [0, 0.05) is 30.5 Å². The number of nitrogens with one attached hydrogen (secondary N) is 1. The predicted octanol–water partition coefficient (Wildman–Crippen LogP) is 2.43. The normalized spacial score (nSPS) is 17.5. The smallest absolute Gasteiger partial charge is 0.261 e. The van der Waals surface area contributed by atoms with E-state index < -0.39 is 0 Å². The molecule has 0 atom stereocenters. The summed E-state index contributed by atoms with van der Waals surface area (Å²) in [6, 6.07) is 5.08. The number of benzene rings is 1. The number of rotatable bonds is 7. The van der Waals surface area contributed by atoms with Crippen LogP contribution in [0.5, 0.6) is 0 Å². The SMILES string of the molecule is O=C(CCCN1C(=O)c2ccc(Br)cc2C1=O)NCCN1CCCCC1. The third-order valence-electron chi connectivity index (χ3n) is 4.92. The van der Waals surface area contributed by atoms with Gasteiger partial charge in [0.15, 0.2) is 0 Å². The Kier molecular flexibility index (Phi) is 6.43. The first-order chi connectivity index (χ1) is 12.6. The monoisotopic (exact) mass is 421 g/mol. The summed E-state index contributed by atoms with van der Waals surface area (Å²) < 4.78 is 0.771. The second-order valence-electron chi connectivity index (χ2n) is 6.81. The van der Waals surface area contributed by atoms with Gasteiger partial charge >= 0.3 is 0 Å². The van der Waals surface area contributed by atoms with Crippen molar-refractivity contribution >= 4 is 33.7 Å². The van der Waals surface area contributed by atoms with Crippen molar-refractivity contribution in [2.75, 3.05) is 32.7 Å². The van der Waals surface area contributed by atoms with Crippen molar-refractivity contribution in [2.24, 2.45) is 0 Å². The largest absolute Gasteiger partial charge is 0.355 e. The number of halogens is 1. The van der Waals surface area contributed by atoms with Gasteiger partial charge in [0.25, 0.3) is 11.8 Å². The van der Waals surface area contributed by atoms with E-state index in [1.54, 1.807) is 18.2 Å². The maximum atomic E-state index is 12.4. The minimum atomic E-state index is -0.281. The van der Waals surface area contributed by atoms with Crippen LogP contribution in [0, 0.1) is 0 Å². The van der Waals surface area contributed by atoms with Gasteiger partial charge in [0.1, 0.15) is 0 Å². The molecule has 2 heterocycles. The first-order valence-electron chi connectivity index (χ1n) is 9.21. The third-order valence-corrected chi connectivity index (χ3v) is 5.41. The van der Waals surface area contributed by atoms with Crippen LogP contribution in [-0.4, -0.2) is 60.2 Å². The van der Waals surface area contributed by atoms with E-state index in [0.29, 0.717) is 30.5 Å². The fourth-order valence-corrected chi connectivity index (χ4v) is 3.85. The van der Waals surface area contributed by atoms with Gasteiger partial charge in [-0.05, 0) is 50.6 Å². The number of piperidine rings is 1. The van der Waals surface area contributed by atoms with E-state index in [1.165, 1.54) is 24.2 Å². The summed E-state index contributed by atoms with van der Waals surface area (Å²) in [5.41, 5.74) is 0.861. The molecule has 0 bridgehead atoms. The molecule has 0 radical (unpaired) electrons. The zero-order valence-electron chi connectivity index (χ0n) is 14.8. The van der Waals surface area contributed by atoms with E-state index in [2.05, 4.69) is 26.1 Å². The number of carbonyl (C=O) groups excluding carboxylic acids is 3. The number of likely N-dealkylation sites (tertiary alicyclic amines) is 1. The minimum Gasteiger partial charge on any atom is -0.355 e. The summed E-state index contributed by atoms with van der Waals surface area (Å²) in [5.74, 6) is -0.582. The molecule has 1 aromatic rings. The van der Waals surface area contributed by atoms with Crippen LogP contribution in [0.4, 0.5) is 0 Å². The fraction of sp³-hybridized carbons (Fsp3) is 0.526. The van der Waals surface area contributed by atoms with Gasteiger partial charge in [0.2, 0.25) is 5.91 Å². The second kappa shape index (κ2) is 8.77. The molecule has 3 rings (SSSR count). The zero-order valence-corrected chi connectivity index (χ0v) is 16.4. The molecule has 140 valence electrons. The number of hydrogen-bond donors (Lipinski definition) is 1. The number of nitrogens with zero attached hydrogens (tertiary/aromatic N) is 2. The Morgan fingerprint density at radius 1 is 1.04 bits per heavy atom. The Balaban J connectivity index is 1.39. The predicted molar refractivity (Wildman–Crippen MR) is 102 cm³/mol. The number of carbonyl (C=O) groups is 3. The molecule has 7 heteroatoms. The van der Waals surface area contributed by atoms with Gasteiger partial charge < -0.3 is 10.2 Å². The van der Waals surface area contributed by atoms with E-state index in [9.17, 15) is 14.4 Å². The lowest BCUT2D eigenvalue weighted by molar-refractivity contribution is -0.121. The van der Waals surface area contributed by atoms with Crippen molar-refractivity contribution in [3.05, 3.63) is 33.8 Å². The summed E-state index contributed by atoms with van der Waals surface area (Å²) in [6.07, 6.45) is 4.58. The van der Waals surface area contributed by atoms with E-state index in [4.69, 9.17) is 0 Å². The van der Waals surface area contributed by atoms with E-state index in [1.807, 2.05) is 0 Å². The van der Waals surface area contributed by atoms with Crippen molar-refractivity contribution < 1.29 is 14.4 Å². The molecule has 1 saturated heterocycles. The number of amides is 3. The van der Waals surface area contributed by atoms with Crippen LogP contribution in [0.15, 0.2) is 22.7 Å². The highest BCUT2D eigenvalue weighted by molar-refractivity contribution is 9.10. The van der Waals surface area contributed by atoms with E-state index >= 15 is 0 Å². The molecule has 1 fully saturated rings. The second-order valence-corrected chi connectivity index (χ2v) is 7.72. The lowest BCUT2D eigenvalue weighted by atomic mass is 10.1. The van der Waals surface area contributed by atoms with Crippen molar-refractivity contribution in [3.63, 3.8) is 0 Å². The average molecular weight is 422 g/mol. The average Bonchev–Trinajstić information content (AvgIpc) is 2.87. The van der Waals surface area contributed by atoms with Gasteiger partial charge in [-0.1, -0.05) is 22.4 Å². The van der Waals surface area contributed by atoms with Crippen LogP contribution in [0.1, 0.15) is 52.8 Å². The van der Waals surface area contributed by atoms with Gasteiger partial charge in [-0.3, -0.25) is 19.3 Å². The molecule has 2 aliphatic heterocycles. The molecule has 0 saturated carbocycles. The highest BCUT2D eigenvalue weighted by Crippen LogP contribution is 2.26. The zero-order chi connectivity index (χ0) is 18.5. The Bertz CT molecular complexity index is 701. The number of hydrogen-bond acceptors (Lipinski definition) is 4. The summed E-state index contributed by atoms with van der Waals surface area (Å²) in [4.78, 5) is 40.3. The Labute approximate surface area is 162 Å². The summed E-state index contributed by atoms with van der Waals surface area (Å²) in [5, 5.41) is 2.93. The summed E-state index contributed by atoms with van der Waals surface area (Å²) in [7, 11) is 0. The molecule has 0 aliphatic carbocycles. The molecule has 1 N–H and O–H groups in total. The van der Waals surface area contributed by atoms with Gasteiger partial charge in [-0.25, -0.2) is 0 Å². The molecule has 0 unspecified atom stereocenters. The Hall–Kier alpha value is -1.73. The molecule has 2 aliphatic rings. The van der Waals surface area contributed by atoms with Crippen LogP contribution in [0.3, 0.4) is 0 Å². The maximum absolute atomic E-state index is 12.4. The Morgan fingerprint density at radius 3 is 2.54 bits per heavy atom. The number of fused-ring (bicyclic) bond motifs is 1. The van der Waals surface area contributed by atoms with Crippen LogP contribution in [0.2, 0.25) is 0 Å². The molecule has 3 amide bonds. The fourth-order valence-electron chi connectivity index (χ4n) is 3.49. The van der Waals surface area contributed by atoms with Crippen LogP contribution in [-0.2, 0) is 4.79 Å². The van der Waals surface area contributed by atoms with Gasteiger partial charge in [-0.15, -0.1) is 0 Å². The molecule has 0 aromatic heterocycles. The molecule has 26 heavy (non-hydrogen) atoms. The maximum Gasteiger partial charge on any atom is 0.261 e. The van der Waals surface area contributed by atoms with Crippen LogP contribution < -0.4 is 5.32 Å². The quantitative estimate of drug-likeness (QED) is 0.686. The standard InChI is InChI=1S/C19H24BrN3O3/c20-14-6-7-15-16(13-14)19(26)23(18(15)25)11-4-5-17(24)21-8-12-22-9-2-1-3-10-22/h6-7,13H,1-5,8-12H2,(H,21,24). The highest BCUT2D eigenvalue weighted by atomic mass is 79.9. The Morgan fingerprint density at radius 2 is 1.77 bits per heavy atom. The van der Waals surface area contributed by atoms with Crippen molar-refractivity contribution in [2.45, 2.75) is 32.1 Å². The van der Waals surface area contributed by atoms with Crippen molar-refractivity contribution in [1.82, 2.24) is 15.1 Å². The van der Waals surface area contributed by atoms with Crippen molar-refractivity contribution in [1.29, 1.82) is 0 Å². The first-order valence-corrected chi connectivity index (χ1v) is 10.0. The van der Waals surface area contributed by atoms with Gasteiger partial charge in [-0.2, -0.15) is 0 Å². The summed E-state index contributed by atoms with van der Waals surface area (Å²) in [6.45, 7) is 4.04. The topological polar surface area (TPSA) is 69.7 Å². The number of imide groups is 1. The van der Waals surface area contributed by atoms with E-state index in [0.717, 1.165) is 24.1 Å². The molecule has 1 aromatic carbocycles. The van der Waals surface area contributed by atoms with Gasteiger partial charge in [0.05, 0.1) is 11.1 Å². The lowest BCUT2D eigenvalue weighted by Crippen LogP contribution is -2.38. The lowest BCUT2D eigenvalue weighted by Gasteiger charge is -2.26. The van der Waals surface area contributed by atoms with Crippen molar-refractivity contribution in [3.8, 4) is 0 Å². The van der Waals surface area contributed by atoms with Crippen LogP contribution >= 0.6 is 15.9 Å². The molecular weight excluding hydrogens is 398 g/mol. The molecule has 0 spiro atoms. The van der Waals surface area contributed by atoms with Crippen LogP contribution in [0.25, 0.3) is 0 Å². The third kappa shape index (κ3) is 4.51. The minimum absolute atomic E-state index is 0.0265. The molecular formula is C19H24BrN3O3.